The lowest BCUT2D eigenvalue weighted by Gasteiger charge is -2.08. The Kier molecular flexibility index (Phi) is 5.99. The first kappa shape index (κ1) is 19.2. The van der Waals surface area contributed by atoms with Gasteiger partial charge in [0.25, 0.3) is 5.91 Å². The number of anilines is 1. The number of nitrogens with zero attached hydrogens (tertiary/aromatic N) is 1. The van der Waals surface area contributed by atoms with Crippen LogP contribution in [0.3, 0.4) is 0 Å². The van der Waals surface area contributed by atoms with Crippen molar-refractivity contribution in [2.45, 2.75) is 4.90 Å². The number of benzene rings is 1. The first-order valence-corrected chi connectivity index (χ1v) is 9.39. The highest BCUT2D eigenvalue weighted by Crippen LogP contribution is 2.23. The molecule has 0 aliphatic heterocycles. The molecule has 10 heteroatoms. The Morgan fingerprint density at radius 2 is 1.92 bits per heavy atom. The molecule has 0 atom stereocenters. The van der Waals surface area contributed by atoms with Crippen LogP contribution in [-0.2, 0) is 19.4 Å². The maximum absolute atomic E-state index is 12.0. The molecule has 25 heavy (non-hydrogen) atoms. The third-order valence-corrected chi connectivity index (χ3v) is 4.70. The zero-order valence-electron chi connectivity index (χ0n) is 12.8. The van der Waals surface area contributed by atoms with Crippen LogP contribution in [-0.4, -0.2) is 38.1 Å². The number of aromatic nitrogens is 1. The van der Waals surface area contributed by atoms with E-state index >= 15 is 0 Å². The van der Waals surface area contributed by atoms with E-state index in [2.05, 4.69) is 10.3 Å². The minimum atomic E-state index is -3.60. The van der Waals surface area contributed by atoms with Crippen LogP contribution in [0.1, 0.15) is 10.4 Å². The van der Waals surface area contributed by atoms with E-state index in [0.29, 0.717) is 5.02 Å². The lowest BCUT2D eigenvalue weighted by atomic mass is 10.2. The van der Waals surface area contributed by atoms with Crippen molar-refractivity contribution in [3.63, 3.8) is 0 Å². The average molecular weight is 403 g/mol. The van der Waals surface area contributed by atoms with Gasteiger partial charge in [-0.3, -0.25) is 4.79 Å². The Hall–Kier alpha value is -2.16. The summed E-state index contributed by atoms with van der Waals surface area (Å²) in [4.78, 5) is 27.4. The van der Waals surface area contributed by atoms with Gasteiger partial charge in [-0.2, -0.15) is 0 Å². The van der Waals surface area contributed by atoms with Crippen molar-refractivity contribution in [3.8, 4) is 0 Å². The number of nitrogens with one attached hydrogen (secondary N) is 1. The van der Waals surface area contributed by atoms with Gasteiger partial charge in [-0.05, 0) is 30.3 Å². The van der Waals surface area contributed by atoms with Gasteiger partial charge >= 0.3 is 5.97 Å². The van der Waals surface area contributed by atoms with Gasteiger partial charge in [0.1, 0.15) is 5.82 Å². The molecule has 0 spiro atoms. The normalized spacial score (nSPS) is 11.0. The molecule has 1 amide bonds. The van der Waals surface area contributed by atoms with Crippen molar-refractivity contribution in [2.24, 2.45) is 0 Å². The van der Waals surface area contributed by atoms with Gasteiger partial charge in [0.2, 0.25) is 0 Å². The molecule has 1 N–H and O–H groups in total. The molecule has 0 radical (unpaired) electrons. The largest absolute Gasteiger partial charge is 0.452 e. The lowest BCUT2D eigenvalue weighted by molar-refractivity contribution is -0.119. The summed E-state index contributed by atoms with van der Waals surface area (Å²) in [5, 5.41) is 2.82. The summed E-state index contributed by atoms with van der Waals surface area (Å²) in [6, 6.07) is 6.69. The molecule has 0 aliphatic carbocycles. The zero-order chi connectivity index (χ0) is 18.6. The fraction of sp³-hybridized carbons (Fsp3) is 0.133. The van der Waals surface area contributed by atoms with Crippen LogP contribution < -0.4 is 5.32 Å². The number of hydrogen-bond acceptors (Lipinski definition) is 6. The van der Waals surface area contributed by atoms with Crippen LogP contribution in [0.5, 0.6) is 0 Å². The second-order valence-electron chi connectivity index (χ2n) is 4.90. The second kappa shape index (κ2) is 7.81. The number of carbonyl (C=O) groups is 2. The molecule has 0 unspecified atom stereocenters. The maximum atomic E-state index is 12.0. The molecule has 0 saturated carbocycles. The number of amides is 1. The minimum absolute atomic E-state index is 0.00870. The Morgan fingerprint density at radius 1 is 1.20 bits per heavy atom. The molecule has 1 heterocycles. The third kappa shape index (κ3) is 5.42. The van der Waals surface area contributed by atoms with Crippen molar-refractivity contribution >= 4 is 50.7 Å². The topological polar surface area (TPSA) is 102 Å². The van der Waals surface area contributed by atoms with Gasteiger partial charge in [-0.25, -0.2) is 18.2 Å². The number of rotatable bonds is 5. The quantitative estimate of drug-likeness (QED) is 0.770. The van der Waals surface area contributed by atoms with E-state index in [4.69, 9.17) is 27.9 Å². The number of ether oxygens (including phenoxy) is 1. The van der Waals surface area contributed by atoms with Crippen LogP contribution in [0.2, 0.25) is 10.0 Å². The fourth-order valence-electron chi connectivity index (χ4n) is 1.76. The molecule has 0 aliphatic rings. The molecular weight excluding hydrogens is 391 g/mol. The average Bonchev–Trinajstić information content (AvgIpc) is 2.54. The van der Waals surface area contributed by atoms with Crippen LogP contribution in [0.15, 0.2) is 41.4 Å². The predicted octanol–water partition coefficient (Wildman–Crippen LogP) is 2.59. The molecule has 2 aromatic rings. The zero-order valence-corrected chi connectivity index (χ0v) is 15.2. The summed E-state index contributed by atoms with van der Waals surface area (Å²) in [7, 11) is -3.60. The Bertz CT molecular complexity index is 914. The van der Waals surface area contributed by atoms with Gasteiger partial charge in [-0.1, -0.05) is 23.2 Å². The second-order valence-corrected chi connectivity index (χ2v) is 7.73. The van der Waals surface area contributed by atoms with E-state index in [9.17, 15) is 18.0 Å². The van der Waals surface area contributed by atoms with Gasteiger partial charge in [0, 0.05) is 12.5 Å². The van der Waals surface area contributed by atoms with E-state index < -0.39 is 28.3 Å². The number of halogens is 2. The van der Waals surface area contributed by atoms with Crippen molar-refractivity contribution < 1.29 is 22.7 Å². The first-order chi connectivity index (χ1) is 11.7. The van der Waals surface area contributed by atoms with Crippen LogP contribution >= 0.6 is 23.2 Å². The Morgan fingerprint density at radius 3 is 2.52 bits per heavy atom. The van der Waals surface area contributed by atoms with E-state index in [1.165, 1.54) is 30.5 Å². The van der Waals surface area contributed by atoms with Crippen LogP contribution in [0.25, 0.3) is 0 Å². The number of sulfone groups is 1. The van der Waals surface area contributed by atoms with Gasteiger partial charge in [0.15, 0.2) is 16.4 Å². The SMILES string of the molecule is CS(=O)(=O)c1cc(C(=O)OCC(=O)Nc2ccc(Cl)cn2)ccc1Cl. The third-order valence-electron chi connectivity index (χ3n) is 2.90. The van der Waals surface area contributed by atoms with E-state index in [1.807, 2.05) is 0 Å². The predicted molar refractivity (Wildman–Crippen MR) is 92.7 cm³/mol. The molecule has 0 fully saturated rings. The van der Waals surface area contributed by atoms with Crippen molar-refractivity contribution in [1.82, 2.24) is 4.98 Å². The molecule has 132 valence electrons. The highest BCUT2D eigenvalue weighted by atomic mass is 35.5. The minimum Gasteiger partial charge on any atom is -0.452 e. The number of hydrogen-bond donors (Lipinski definition) is 1. The molecule has 2 rings (SSSR count). The molecule has 0 saturated heterocycles. The molecule has 0 bridgehead atoms. The van der Waals surface area contributed by atoms with Gasteiger partial charge in [0.05, 0.1) is 20.5 Å². The summed E-state index contributed by atoms with van der Waals surface area (Å²) in [6.45, 7) is -0.569. The van der Waals surface area contributed by atoms with Crippen LogP contribution in [0, 0.1) is 0 Å². The molecular formula is C15H12Cl2N2O5S. The number of carbonyl (C=O) groups excluding carboxylic acids is 2. The van der Waals surface area contributed by atoms with Gasteiger partial charge in [-0.15, -0.1) is 0 Å². The molecule has 1 aromatic carbocycles. The molecule has 7 nitrogen and oxygen atoms in total. The highest BCUT2D eigenvalue weighted by molar-refractivity contribution is 7.90. The van der Waals surface area contributed by atoms with Crippen molar-refractivity contribution in [2.75, 3.05) is 18.2 Å². The lowest BCUT2D eigenvalue weighted by Crippen LogP contribution is -2.21. The summed E-state index contributed by atoms with van der Waals surface area (Å²) < 4.78 is 28.1. The Labute approximate surface area is 153 Å². The molecule has 1 aromatic heterocycles. The first-order valence-electron chi connectivity index (χ1n) is 6.75. The van der Waals surface area contributed by atoms with Crippen molar-refractivity contribution in [3.05, 3.63) is 52.1 Å². The number of esters is 1. The summed E-state index contributed by atoms with van der Waals surface area (Å²) in [6.07, 6.45) is 2.32. The monoisotopic (exact) mass is 402 g/mol. The summed E-state index contributed by atoms with van der Waals surface area (Å²) >= 11 is 11.5. The van der Waals surface area contributed by atoms with E-state index in [0.717, 1.165) is 12.3 Å². The number of pyridine rings is 1. The van der Waals surface area contributed by atoms with E-state index in [1.54, 1.807) is 0 Å². The van der Waals surface area contributed by atoms with Gasteiger partial charge < -0.3 is 10.1 Å². The summed E-state index contributed by atoms with van der Waals surface area (Å²) in [5.41, 5.74) is -0.0396. The Balaban J connectivity index is 2.00. The smallest absolute Gasteiger partial charge is 0.338 e. The maximum Gasteiger partial charge on any atom is 0.338 e. The van der Waals surface area contributed by atoms with Crippen molar-refractivity contribution in [1.29, 1.82) is 0 Å². The van der Waals surface area contributed by atoms with E-state index in [-0.39, 0.29) is 21.3 Å². The standard InChI is InChI=1S/C15H12Cl2N2O5S/c1-25(22,23)12-6-9(2-4-11(12)17)15(21)24-8-14(20)19-13-5-3-10(16)7-18-13/h2-7H,8H2,1H3,(H,18,19,20). The summed E-state index contributed by atoms with van der Waals surface area (Å²) in [5.74, 6) is -1.22. The highest BCUT2D eigenvalue weighted by Gasteiger charge is 2.17. The van der Waals surface area contributed by atoms with Crippen LogP contribution in [0.4, 0.5) is 5.82 Å². The fourth-order valence-corrected chi connectivity index (χ4v) is 3.17.